The molecular weight excluding hydrogens is 318 g/mol. The fourth-order valence-electron chi connectivity index (χ4n) is 2.65. The average molecular weight is 337 g/mol. The summed E-state index contributed by atoms with van der Waals surface area (Å²) in [6.45, 7) is 0.460. The summed E-state index contributed by atoms with van der Waals surface area (Å²) in [5.74, 6) is -1.34. The van der Waals surface area contributed by atoms with Gasteiger partial charge in [-0.1, -0.05) is 0 Å². The van der Waals surface area contributed by atoms with Crippen molar-refractivity contribution in [3.05, 3.63) is 23.8 Å². The lowest BCUT2D eigenvalue weighted by Crippen LogP contribution is -2.37. The minimum absolute atomic E-state index is 0.125. The first-order valence-corrected chi connectivity index (χ1v) is 9.42. The first kappa shape index (κ1) is 15.8. The molecular formula is C15H19N3O4S. The second-order valence-electron chi connectivity index (χ2n) is 5.98. The van der Waals surface area contributed by atoms with E-state index in [4.69, 9.17) is 0 Å². The van der Waals surface area contributed by atoms with Gasteiger partial charge in [0, 0.05) is 18.3 Å². The molecule has 1 aliphatic heterocycles. The van der Waals surface area contributed by atoms with Gasteiger partial charge in [-0.05, 0) is 49.4 Å². The number of carbonyl (C=O) groups excluding carboxylic acids is 2. The highest BCUT2D eigenvalue weighted by molar-refractivity contribution is 7.92. The topological polar surface area (TPSA) is 95.6 Å². The zero-order chi connectivity index (χ0) is 16.6. The molecule has 1 aliphatic carbocycles. The highest BCUT2D eigenvalue weighted by Gasteiger charge is 2.27. The summed E-state index contributed by atoms with van der Waals surface area (Å²) in [6.07, 6.45) is 4.47. The van der Waals surface area contributed by atoms with Crippen molar-refractivity contribution in [3.63, 3.8) is 0 Å². The summed E-state index contributed by atoms with van der Waals surface area (Å²) in [4.78, 5) is 23.5. The summed E-state index contributed by atoms with van der Waals surface area (Å²) in [5, 5.41) is 5.18. The minimum Gasteiger partial charge on any atom is -0.345 e. The van der Waals surface area contributed by atoms with E-state index in [2.05, 4.69) is 10.6 Å². The van der Waals surface area contributed by atoms with Gasteiger partial charge in [-0.15, -0.1) is 0 Å². The lowest BCUT2D eigenvalue weighted by molar-refractivity contribution is -0.136. The molecule has 1 aromatic rings. The lowest BCUT2D eigenvalue weighted by atomic mass is 10.0. The first-order valence-electron chi connectivity index (χ1n) is 7.57. The van der Waals surface area contributed by atoms with Crippen LogP contribution in [0.2, 0.25) is 0 Å². The third-order valence-electron chi connectivity index (χ3n) is 3.93. The van der Waals surface area contributed by atoms with E-state index in [9.17, 15) is 18.0 Å². The van der Waals surface area contributed by atoms with E-state index in [0.29, 0.717) is 17.9 Å². The fraction of sp³-hybridized carbons (Fsp3) is 0.467. The SMILES string of the molecule is CS(=O)(=O)N1CCCc2cc(NC(=O)C(=O)NC3CC3)ccc21. The third kappa shape index (κ3) is 3.64. The van der Waals surface area contributed by atoms with Crippen LogP contribution in [0.3, 0.4) is 0 Å². The molecule has 2 N–H and O–H groups in total. The maximum Gasteiger partial charge on any atom is 0.313 e. The number of hydrogen-bond acceptors (Lipinski definition) is 4. The number of sulfonamides is 1. The first-order chi connectivity index (χ1) is 10.8. The molecule has 8 heteroatoms. The Morgan fingerprint density at radius 2 is 1.96 bits per heavy atom. The van der Waals surface area contributed by atoms with Crippen LogP contribution in [0, 0.1) is 0 Å². The van der Waals surface area contributed by atoms with E-state index in [1.807, 2.05) is 0 Å². The molecule has 1 fully saturated rings. The van der Waals surface area contributed by atoms with Crippen molar-refractivity contribution in [3.8, 4) is 0 Å². The lowest BCUT2D eigenvalue weighted by Gasteiger charge is -2.29. The fourth-order valence-corrected chi connectivity index (χ4v) is 3.65. The monoisotopic (exact) mass is 337 g/mol. The van der Waals surface area contributed by atoms with Gasteiger partial charge in [0.25, 0.3) is 0 Å². The molecule has 0 saturated heterocycles. The molecule has 23 heavy (non-hydrogen) atoms. The van der Waals surface area contributed by atoms with Crippen LogP contribution >= 0.6 is 0 Å². The number of nitrogens with one attached hydrogen (secondary N) is 2. The van der Waals surface area contributed by atoms with E-state index in [1.165, 1.54) is 10.6 Å². The van der Waals surface area contributed by atoms with Gasteiger partial charge in [-0.3, -0.25) is 13.9 Å². The van der Waals surface area contributed by atoms with Crippen molar-refractivity contribution in [2.45, 2.75) is 31.7 Å². The van der Waals surface area contributed by atoms with Gasteiger partial charge in [-0.25, -0.2) is 8.42 Å². The number of hydrogen-bond donors (Lipinski definition) is 2. The van der Waals surface area contributed by atoms with Gasteiger partial charge in [0.15, 0.2) is 0 Å². The van der Waals surface area contributed by atoms with Crippen molar-refractivity contribution in [1.29, 1.82) is 0 Å². The zero-order valence-electron chi connectivity index (χ0n) is 12.8. The van der Waals surface area contributed by atoms with Gasteiger partial charge < -0.3 is 10.6 Å². The number of anilines is 2. The van der Waals surface area contributed by atoms with Gasteiger partial charge in [0.2, 0.25) is 10.0 Å². The smallest absolute Gasteiger partial charge is 0.313 e. The Bertz CT molecular complexity index is 756. The minimum atomic E-state index is -3.31. The predicted molar refractivity (Wildman–Crippen MR) is 86.7 cm³/mol. The van der Waals surface area contributed by atoms with Crippen LogP contribution in [0.25, 0.3) is 0 Å². The number of carbonyl (C=O) groups is 2. The molecule has 3 rings (SSSR count). The third-order valence-corrected chi connectivity index (χ3v) is 5.11. The Balaban J connectivity index is 1.75. The molecule has 2 amide bonds. The largest absolute Gasteiger partial charge is 0.345 e. The number of amides is 2. The van der Waals surface area contributed by atoms with Gasteiger partial charge >= 0.3 is 11.8 Å². The van der Waals surface area contributed by atoms with E-state index in [1.54, 1.807) is 18.2 Å². The molecule has 7 nitrogen and oxygen atoms in total. The Morgan fingerprint density at radius 3 is 2.61 bits per heavy atom. The number of fused-ring (bicyclic) bond motifs is 1. The summed E-state index contributed by atoms with van der Waals surface area (Å²) in [5.41, 5.74) is 1.98. The molecule has 0 atom stereocenters. The Kier molecular flexibility index (Phi) is 4.01. The standard InChI is InChI=1S/C15H19N3O4S/c1-23(21,22)18-8-2-3-10-9-12(6-7-13(10)18)17-15(20)14(19)16-11-4-5-11/h6-7,9,11H,2-5,8H2,1H3,(H,16,19)(H,17,20). The second kappa shape index (κ2) is 5.84. The normalized spacial score (nSPS) is 17.3. The predicted octanol–water partition coefficient (Wildman–Crippen LogP) is 0.616. The molecule has 124 valence electrons. The van der Waals surface area contributed by atoms with Gasteiger partial charge in [-0.2, -0.15) is 0 Å². The average Bonchev–Trinajstić information content (AvgIpc) is 3.29. The van der Waals surface area contributed by atoms with Crippen molar-refractivity contribution in [2.24, 2.45) is 0 Å². The van der Waals surface area contributed by atoms with Crippen LogP contribution in [0.5, 0.6) is 0 Å². The van der Waals surface area contributed by atoms with Crippen LogP contribution in [-0.2, 0) is 26.0 Å². The van der Waals surface area contributed by atoms with Gasteiger partial charge in [0.1, 0.15) is 0 Å². The number of aryl methyl sites for hydroxylation is 1. The van der Waals surface area contributed by atoms with Crippen LogP contribution < -0.4 is 14.9 Å². The molecule has 0 radical (unpaired) electrons. The van der Waals surface area contributed by atoms with Crippen molar-refractivity contribution >= 4 is 33.2 Å². The van der Waals surface area contributed by atoms with Crippen LogP contribution in [0.15, 0.2) is 18.2 Å². The molecule has 2 aliphatic rings. The molecule has 0 spiro atoms. The summed E-state index contributed by atoms with van der Waals surface area (Å²) in [6, 6.07) is 5.14. The van der Waals surface area contributed by atoms with E-state index in [-0.39, 0.29) is 6.04 Å². The highest BCUT2D eigenvalue weighted by Crippen LogP contribution is 2.31. The molecule has 1 saturated carbocycles. The zero-order valence-corrected chi connectivity index (χ0v) is 13.6. The van der Waals surface area contributed by atoms with E-state index < -0.39 is 21.8 Å². The molecule has 1 heterocycles. The number of nitrogens with zero attached hydrogens (tertiary/aromatic N) is 1. The van der Waals surface area contributed by atoms with Crippen LogP contribution in [-0.4, -0.2) is 39.1 Å². The molecule has 1 aromatic carbocycles. The Morgan fingerprint density at radius 1 is 1.22 bits per heavy atom. The van der Waals surface area contributed by atoms with Crippen LogP contribution in [0.1, 0.15) is 24.8 Å². The molecule has 0 aromatic heterocycles. The van der Waals surface area contributed by atoms with E-state index >= 15 is 0 Å². The van der Waals surface area contributed by atoms with E-state index in [0.717, 1.165) is 31.2 Å². The maximum atomic E-state index is 11.8. The second-order valence-corrected chi connectivity index (χ2v) is 7.89. The Labute approximate surface area is 135 Å². The quantitative estimate of drug-likeness (QED) is 0.790. The maximum absolute atomic E-state index is 11.8. The molecule has 0 bridgehead atoms. The number of rotatable bonds is 3. The highest BCUT2D eigenvalue weighted by atomic mass is 32.2. The van der Waals surface area contributed by atoms with Crippen molar-refractivity contribution in [1.82, 2.24) is 5.32 Å². The Hall–Kier alpha value is -2.09. The number of benzene rings is 1. The van der Waals surface area contributed by atoms with Gasteiger partial charge in [0.05, 0.1) is 11.9 Å². The van der Waals surface area contributed by atoms with Crippen LogP contribution in [0.4, 0.5) is 11.4 Å². The molecule has 0 unspecified atom stereocenters. The summed E-state index contributed by atoms with van der Waals surface area (Å²) >= 11 is 0. The summed E-state index contributed by atoms with van der Waals surface area (Å²) in [7, 11) is -3.31. The van der Waals surface area contributed by atoms with Crippen molar-refractivity contribution < 1.29 is 18.0 Å². The van der Waals surface area contributed by atoms with Crippen molar-refractivity contribution in [2.75, 3.05) is 22.4 Å². The summed E-state index contributed by atoms with van der Waals surface area (Å²) < 4.78 is 25.0.